The molecule has 2 aliphatic rings. The van der Waals surface area contributed by atoms with E-state index in [-0.39, 0.29) is 11.7 Å². The van der Waals surface area contributed by atoms with Gasteiger partial charge in [0.15, 0.2) is 0 Å². The summed E-state index contributed by atoms with van der Waals surface area (Å²) in [7, 11) is 0. The molecule has 1 spiro atoms. The van der Waals surface area contributed by atoms with Crippen LogP contribution in [0.15, 0.2) is 17.9 Å². The van der Waals surface area contributed by atoms with Crippen LogP contribution in [0.3, 0.4) is 0 Å². The summed E-state index contributed by atoms with van der Waals surface area (Å²) in [5.41, 5.74) is 3.98. The molecule has 142 valence electrons. The zero-order chi connectivity index (χ0) is 18.9. The number of carbonyl (C=O) groups excluding carboxylic acids is 1. The lowest BCUT2D eigenvalue weighted by Crippen LogP contribution is -2.48. The maximum atomic E-state index is 12.9. The lowest BCUT2D eigenvalue weighted by atomic mass is 9.75. The van der Waals surface area contributed by atoms with Crippen molar-refractivity contribution in [1.82, 2.24) is 5.32 Å². The van der Waals surface area contributed by atoms with E-state index in [1.54, 1.807) is 0 Å². The first-order valence-electron chi connectivity index (χ1n) is 9.80. The van der Waals surface area contributed by atoms with Gasteiger partial charge in [0.2, 0.25) is 0 Å². The number of aliphatic hydroxyl groups is 1. The van der Waals surface area contributed by atoms with Crippen molar-refractivity contribution in [3.8, 4) is 0 Å². The zero-order valence-electron chi connectivity index (χ0n) is 16.4. The second-order valence-electron chi connectivity index (χ2n) is 8.07. The van der Waals surface area contributed by atoms with E-state index in [9.17, 15) is 9.90 Å². The van der Waals surface area contributed by atoms with E-state index in [0.717, 1.165) is 55.4 Å². The predicted molar refractivity (Wildman–Crippen MR) is 104 cm³/mol. The van der Waals surface area contributed by atoms with Crippen LogP contribution in [0.2, 0.25) is 0 Å². The van der Waals surface area contributed by atoms with Gasteiger partial charge >= 0.3 is 0 Å². The Kier molecular flexibility index (Phi) is 5.42. The number of aryl methyl sites for hydroxylation is 3. The molecule has 4 heteroatoms. The van der Waals surface area contributed by atoms with E-state index < -0.39 is 5.54 Å². The average molecular weight is 357 g/mol. The highest BCUT2D eigenvalue weighted by Gasteiger charge is 2.48. The number of rotatable bonds is 5. The molecule has 0 aromatic heterocycles. The van der Waals surface area contributed by atoms with Gasteiger partial charge in [0.1, 0.15) is 5.76 Å². The molecular formula is C22H31NO3. The minimum atomic E-state index is -0.616. The van der Waals surface area contributed by atoms with Gasteiger partial charge in [-0.15, -0.1) is 0 Å². The highest BCUT2D eigenvalue weighted by atomic mass is 16.5. The molecule has 1 amide bonds. The van der Waals surface area contributed by atoms with Crippen molar-refractivity contribution in [2.45, 2.75) is 65.3 Å². The van der Waals surface area contributed by atoms with Gasteiger partial charge in [-0.1, -0.05) is 31.0 Å². The summed E-state index contributed by atoms with van der Waals surface area (Å²) in [6.07, 6.45) is 4.64. The van der Waals surface area contributed by atoms with E-state index in [1.807, 2.05) is 13.8 Å². The average Bonchev–Trinajstić information content (AvgIpc) is 2.79. The van der Waals surface area contributed by atoms with Crippen LogP contribution in [0.5, 0.6) is 0 Å². The fourth-order valence-electron chi connectivity index (χ4n) is 4.75. The Hall–Kier alpha value is -1.81. The van der Waals surface area contributed by atoms with Gasteiger partial charge in [0.25, 0.3) is 5.91 Å². The van der Waals surface area contributed by atoms with Crippen LogP contribution in [-0.2, 0) is 9.53 Å². The van der Waals surface area contributed by atoms with E-state index in [1.165, 1.54) is 5.56 Å². The Bertz CT molecular complexity index is 714. The fourth-order valence-corrected chi connectivity index (χ4v) is 4.75. The van der Waals surface area contributed by atoms with Gasteiger partial charge < -0.3 is 15.2 Å². The molecule has 2 unspecified atom stereocenters. The number of hydrogen-bond acceptors (Lipinski definition) is 3. The summed E-state index contributed by atoms with van der Waals surface area (Å²) in [6.45, 7) is 9.65. The minimum absolute atomic E-state index is 0.146. The van der Waals surface area contributed by atoms with Crippen LogP contribution in [0, 0.1) is 26.7 Å². The number of amides is 1. The lowest BCUT2D eigenvalue weighted by Gasteiger charge is -2.38. The second-order valence-corrected chi connectivity index (χ2v) is 8.07. The number of nitrogens with one attached hydrogen (secondary N) is 1. The molecule has 0 bridgehead atoms. The summed E-state index contributed by atoms with van der Waals surface area (Å²) < 4.78 is 5.74. The largest absolute Gasteiger partial charge is 0.509 e. The molecule has 1 aliphatic heterocycles. The highest BCUT2D eigenvalue weighted by Crippen LogP contribution is 2.44. The molecule has 2 atom stereocenters. The van der Waals surface area contributed by atoms with Gasteiger partial charge in [-0.05, 0) is 69.1 Å². The van der Waals surface area contributed by atoms with E-state index in [4.69, 9.17) is 4.74 Å². The SMILES string of the molecule is CCCOCC1CCCC2(C1)NC(=O)C(c1c(C)cc(C)cc1C)=C2O. The number of aliphatic hydroxyl groups excluding tert-OH is 1. The smallest absolute Gasteiger partial charge is 0.256 e. The van der Waals surface area contributed by atoms with Crippen LogP contribution in [0.25, 0.3) is 5.57 Å². The maximum Gasteiger partial charge on any atom is 0.256 e. The number of hydrogen-bond donors (Lipinski definition) is 2. The molecule has 26 heavy (non-hydrogen) atoms. The monoisotopic (exact) mass is 357 g/mol. The lowest BCUT2D eigenvalue weighted by molar-refractivity contribution is -0.116. The summed E-state index contributed by atoms with van der Waals surface area (Å²) in [4.78, 5) is 12.9. The molecule has 0 radical (unpaired) electrons. The van der Waals surface area contributed by atoms with Gasteiger partial charge in [-0.25, -0.2) is 0 Å². The molecule has 1 aromatic rings. The molecule has 1 fully saturated rings. The van der Waals surface area contributed by atoms with Crippen LogP contribution in [0.4, 0.5) is 0 Å². The Morgan fingerprint density at radius 1 is 1.27 bits per heavy atom. The van der Waals surface area contributed by atoms with Gasteiger partial charge in [0.05, 0.1) is 11.1 Å². The quantitative estimate of drug-likeness (QED) is 0.770. The summed E-state index contributed by atoms with van der Waals surface area (Å²) in [5, 5.41) is 14.3. The fraction of sp³-hybridized carbons (Fsp3) is 0.591. The standard InChI is InChI=1S/C22H31NO3/c1-5-9-26-13-17-7-6-8-22(12-17)20(24)19(21(25)23-22)18-15(3)10-14(2)11-16(18)4/h10-11,17,24H,5-9,12-13H2,1-4H3,(H,23,25). The maximum absolute atomic E-state index is 12.9. The third kappa shape index (κ3) is 3.39. The van der Waals surface area contributed by atoms with E-state index in [0.29, 0.717) is 18.1 Å². The molecule has 2 N–H and O–H groups in total. The summed E-state index contributed by atoms with van der Waals surface area (Å²) in [6, 6.07) is 4.15. The van der Waals surface area contributed by atoms with Crippen LogP contribution < -0.4 is 5.32 Å². The topological polar surface area (TPSA) is 58.6 Å². The van der Waals surface area contributed by atoms with E-state index >= 15 is 0 Å². The molecule has 1 heterocycles. The van der Waals surface area contributed by atoms with Crippen LogP contribution >= 0.6 is 0 Å². The van der Waals surface area contributed by atoms with Crippen molar-refractivity contribution in [3.63, 3.8) is 0 Å². The van der Waals surface area contributed by atoms with Gasteiger partial charge in [0, 0.05) is 13.2 Å². The van der Waals surface area contributed by atoms with Crippen molar-refractivity contribution in [2.24, 2.45) is 5.92 Å². The molecule has 1 aromatic carbocycles. The van der Waals surface area contributed by atoms with Gasteiger partial charge in [-0.3, -0.25) is 4.79 Å². The first kappa shape index (κ1) is 19.0. The molecular weight excluding hydrogens is 326 g/mol. The Morgan fingerprint density at radius 2 is 1.96 bits per heavy atom. The third-order valence-corrected chi connectivity index (χ3v) is 5.75. The predicted octanol–water partition coefficient (Wildman–Crippen LogP) is 4.37. The molecule has 4 nitrogen and oxygen atoms in total. The van der Waals surface area contributed by atoms with Crippen molar-refractivity contribution >= 4 is 11.5 Å². The highest BCUT2D eigenvalue weighted by molar-refractivity contribution is 6.24. The van der Waals surface area contributed by atoms with Gasteiger partial charge in [-0.2, -0.15) is 0 Å². The summed E-state index contributed by atoms with van der Waals surface area (Å²) in [5.74, 6) is 0.461. The molecule has 1 aliphatic carbocycles. The van der Waals surface area contributed by atoms with Crippen molar-refractivity contribution in [3.05, 3.63) is 40.1 Å². The van der Waals surface area contributed by atoms with Crippen LogP contribution in [-0.4, -0.2) is 29.8 Å². The molecule has 0 saturated heterocycles. The third-order valence-electron chi connectivity index (χ3n) is 5.75. The molecule has 3 rings (SSSR count). The van der Waals surface area contributed by atoms with Crippen molar-refractivity contribution in [2.75, 3.05) is 13.2 Å². The Balaban J connectivity index is 1.93. The zero-order valence-corrected chi connectivity index (χ0v) is 16.4. The van der Waals surface area contributed by atoms with Crippen LogP contribution in [0.1, 0.15) is 61.3 Å². The van der Waals surface area contributed by atoms with Crippen molar-refractivity contribution in [1.29, 1.82) is 0 Å². The normalized spacial score (nSPS) is 25.8. The number of benzene rings is 1. The molecule has 1 saturated carbocycles. The van der Waals surface area contributed by atoms with E-state index in [2.05, 4.69) is 31.3 Å². The first-order chi connectivity index (χ1) is 12.4. The first-order valence-corrected chi connectivity index (χ1v) is 9.80. The minimum Gasteiger partial charge on any atom is -0.509 e. The Morgan fingerprint density at radius 3 is 2.62 bits per heavy atom. The second kappa shape index (κ2) is 7.43. The summed E-state index contributed by atoms with van der Waals surface area (Å²) >= 11 is 0. The number of carbonyl (C=O) groups is 1. The van der Waals surface area contributed by atoms with Crippen molar-refractivity contribution < 1.29 is 14.6 Å². The Labute approximate surface area is 156 Å². The number of ether oxygens (including phenoxy) is 1.